The zero-order valence-electron chi connectivity index (χ0n) is 15.3. The van der Waals surface area contributed by atoms with E-state index >= 15 is 0 Å². The van der Waals surface area contributed by atoms with Crippen molar-refractivity contribution in [2.45, 2.75) is 96.5 Å². The number of allylic oxidation sites excluding steroid dienone is 2. The third-order valence-corrected chi connectivity index (χ3v) is 4.00. The lowest BCUT2D eigenvalue weighted by atomic mass is 10.1. The molecule has 0 heterocycles. The van der Waals surface area contributed by atoms with Crippen LogP contribution in [-0.4, -0.2) is 17.3 Å². The Labute approximate surface area is 147 Å². The van der Waals surface area contributed by atoms with Crippen LogP contribution in [0.4, 0.5) is 0 Å². The van der Waals surface area contributed by atoms with Gasteiger partial charge >= 0.3 is 0 Å². The van der Waals surface area contributed by atoms with E-state index in [9.17, 15) is 9.90 Å². The molecule has 1 N–H and O–H groups in total. The van der Waals surface area contributed by atoms with E-state index in [0.717, 1.165) is 51.4 Å². The summed E-state index contributed by atoms with van der Waals surface area (Å²) in [7, 11) is 0. The fourth-order valence-corrected chi connectivity index (χ4v) is 2.50. The second kappa shape index (κ2) is 18.2. The number of rotatable bonds is 17. The summed E-state index contributed by atoms with van der Waals surface area (Å²) in [5, 5.41) is 19.2. The van der Waals surface area contributed by atoms with Crippen LogP contribution in [0.1, 0.15) is 90.4 Å². The molecule has 0 fully saturated rings. The molecule has 140 valence electrons. The fraction of sp³-hybridized carbons (Fsp3) is 0.750. The van der Waals surface area contributed by atoms with E-state index < -0.39 is 5.97 Å². The highest BCUT2D eigenvalue weighted by molar-refractivity contribution is 5.63. The average molecular weight is 339 g/mol. The second-order valence-electron chi connectivity index (χ2n) is 6.31. The maximum absolute atomic E-state index is 10.3. The summed E-state index contributed by atoms with van der Waals surface area (Å²) in [6.07, 6.45) is 20.9. The van der Waals surface area contributed by atoms with Crippen LogP contribution in [0.2, 0.25) is 0 Å². The van der Waals surface area contributed by atoms with Gasteiger partial charge in [-0.25, -0.2) is 4.89 Å². The van der Waals surface area contributed by atoms with Crippen LogP contribution in [-0.2, 0) is 9.68 Å². The van der Waals surface area contributed by atoms with Crippen LogP contribution in [0.15, 0.2) is 24.3 Å². The number of carboxylic acids is 1. The Balaban J connectivity index is 3.52. The minimum absolute atomic E-state index is 0.179. The topological polar surface area (TPSA) is 69.6 Å². The molecule has 0 aliphatic carbocycles. The first kappa shape index (κ1) is 22.9. The van der Waals surface area contributed by atoms with Crippen molar-refractivity contribution in [3.05, 3.63) is 24.3 Å². The number of aliphatic carboxylic acids is 1. The quantitative estimate of drug-likeness (QED) is 0.179. The Kier molecular flexibility index (Phi) is 17.4. The molecule has 0 spiro atoms. The van der Waals surface area contributed by atoms with Gasteiger partial charge in [-0.15, -0.1) is 0 Å². The SMILES string of the molecule is CCCCC/C=C\CC(/C=C/CCCCCCCCC(=O)[O-])OO. The Morgan fingerprint density at radius 1 is 0.958 bits per heavy atom. The van der Waals surface area contributed by atoms with Crippen molar-refractivity contribution in [3.8, 4) is 0 Å². The molecular formula is C20H35O4-. The summed E-state index contributed by atoms with van der Waals surface area (Å²) >= 11 is 0. The molecule has 0 saturated carbocycles. The molecule has 0 aliphatic rings. The summed E-state index contributed by atoms with van der Waals surface area (Å²) in [5.74, 6) is -0.948. The van der Waals surface area contributed by atoms with Crippen LogP contribution >= 0.6 is 0 Å². The van der Waals surface area contributed by atoms with E-state index in [1.807, 2.05) is 6.08 Å². The van der Waals surface area contributed by atoms with Crippen molar-refractivity contribution >= 4 is 5.97 Å². The number of hydrogen-bond acceptors (Lipinski definition) is 4. The van der Waals surface area contributed by atoms with E-state index in [-0.39, 0.29) is 12.5 Å². The summed E-state index contributed by atoms with van der Waals surface area (Å²) < 4.78 is 0. The fourth-order valence-electron chi connectivity index (χ4n) is 2.50. The van der Waals surface area contributed by atoms with Gasteiger partial charge in [0.2, 0.25) is 0 Å². The number of hydrogen-bond donors (Lipinski definition) is 1. The molecule has 0 bridgehead atoms. The predicted octanol–water partition coefficient (Wildman–Crippen LogP) is 4.80. The molecule has 0 rings (SSSR count). The van der Waals surface area contributed by atoms with Gasteiger partial charge in [-0.3, -0.25) is 5.26 Å². The van der Waals surface area contributed by atoms with Gasteiger partial charge in [0.05, 0.1) is 0 Å². The zero-order chi connectivity index (χ0) is 17.9. The summed E-state index contributed by atoms with van der Waals surface area (Å²) in [4.78, 5) is 14.7. The van der Waals surface area contributed by atoms with E-state index in [1.54, 1.807) is 0 Å². The molecule has 4 heteroatoms. The van der Waals surface area contributed by atoms with Gasteiger partial charge in [-0.1, -0.05) is 69.8 Å². The van der Waals surface area contributed by atoms with Crippen LogP contribution < -0.4 is 5.11 Å². The molecule has 0 saturated heterocycles. The summed E-state index contributed by atoms with van der Waals surface area (Å²) in [5.41, 5.74) is 0. The normalized spacial score (nSPS) is 13.1. The Bertz CT molecular complexity index is 337. The van der Waals surface area contributed by atoms with Crippen LogP contribution in [0, 0.1) is 0 Å². The lowest BCUT2D eigenvalue weighted by molar-refractivity contribution is -0.305. The number of carboxylic acid groups (broad SMARTS) is 1. The zero-order valence-corrected chi connectivity index (χ0v) is 15.3. The Morgan fingerprint density at radius 3 is 2.25 bits per heavy atom. The predicted molar refractivity (Wildman–Crippen MR) is 96.5 cm³/mol. The van der Waals surface area contributed by atoms with Gasteiger partial charge < -0.3 is 9.90 Å². The maximum atomic E-state index is 10.3. The maximum Gasteiger partial charge on any atom is 0.114 e. The molecule has 0 radical (unpaired) electrons. The standard InChI is InChI=1S/C20H36O4/c1-2-3-4-5-10-13-16-19(24-23)17-14-11-8-6-7-9-12-15-18-20(21)22/h10,13-14,17,19,23H,2-9,11-12,15-16,18H2,1H3,(H,21,22)/p-1/b13-10-,17-14+. The van der Waals surface area contributed by atoms with Crippen LogP contribution in [0.3, 0.4) is 0 Å². The van der Waals surface area contributed by atoms with Crippen molar-refractivity contribution in [2.75, 3.05) is 0 Å². The number of unbranched alkanes of at least 4 members (excludes halogenated alkanes) is 9. The minimum atomic E-state index is -0.948. The van der Waals surface area contributed by atoms with Gasteiger partial charge in [0.25, 0.3) is 0 Å². The Morgan fingerprint density at radius 2 is 1.58 bits per heavy atom. The Hall–Kier alpha value is -1.13. The highest BCUT2D eigenvalue weighted by atomic mass is 17.1. The molecule has 0 amide bonds. The van der Waals surface area contributed by atoms with E-state index in [1.165, 1.54) is 19.3 Å². The van der Waals surface area contributed by atoms with Gasteiger partial charge in [-0.05, 0) is 44.9 Å². The monoisotopic (exact) mass is 339 g/mol. The first-order valence-corrected chi connectivity index (χ1v) is 9.52. The minimum Gasteiger partial charge on any atom is -0.550 e. The van der Waals surface area contributed by atoms with E-state index in [2.05, 4.69) is 30.0 Å². The van der Waals surface area contributed by atoms with Crippen molar-refractivity contribution in [2.24, 2.45) is 0 Å². The van der Waals surface area contributed by atoms with E-state index in [4.69, 9.17) is 5.26 Å². The largest absolute Gasteiger partial charge is 0.550 e. The van der Waals surface area contributed by atoms with Gasteiger partial charge in [0.15, 0.2) is 0 Å². The lowest BCUT2D eigenvalue weighted by Crippen LogP contribution is -2.21. The third kappa shape index (κ3) is 17.2. The van der Waals surface area contributed by atoms with Crippen molar-refractivity contribution in [1.82, 2.24) is 0 Å². The average Bonchev–Trinajstić information content (AvgIpc) is 2.57. The van der Waals surface area contributed by atoms with Gasteiger partial charge in [0.1, 0.15) is 6.10 Å². The van der Waals surface area contributed by atoms with Crippen molar-refractivity contribution in [3.63, 3.8) is 0 Å². The molecule has 0 aliphatic heterocycles. The lowest BCUT2D eigenvalue weighted by Gasteiger charge is -2.05. The molecule has 0 aromatic carbocycles. The molecular weight excluding hydrogens is 304 g/mol. The third-order valence-electron chi connectivity index (χ3n) is 4.00. The number of carbonyl (C=O) groups is 1. The molecule has 0 aromatic heterocycles. The second-order valence-corrected chi connectivity index (χ2v) is 6.31. The van der Waals surface area contributed by atoms with E-state index in [0.29, 0.717) is 6.42 Å². The highest BCUT2D eigenvalue weighted by Crippen LogP contribution is 2.10. The molecule has 1 unspecified atom stereocenters. The molecule has 4 nitrogen and oxygen atoms in total. The van der Waals surface area contributed by atoms with Crippen molar-refractivity contribution in [1.29, 1.82) is 0 Å². The van der Waals surface area contributed by atoms with Crippen molar-refractivity contribution < 1.29 is 20.0 Å². The first-order valence-electron chi connectivity index (χ1n) is 9.52. The van der Waals surface area contributed by atoms with Gasteiger partial charge in [-0.2, -0.15) is 0 Å². The summed E-state index contributed by atoms with van der Waals surface area (Å²) in [6.45, 7) is 2.20. The van der Waals surface area contributed by atoms with Crippen LogP contribution in [0.5, 0.6) is 0 Å². The molecule has 0 aromatic rings. The highest BCUT2D eigenvalue weighted by Gasteiger charge is 2.00. The number of carbonyl (C=O) groups excluding carboxylic acids is 1. The molecule has 24 heavy (non-hydrogen) atoms. The molecule has 1 atom stereocenters. The summed E-state index contributed by atoms with van der Waals surface area (Å²) in [6, 6.07) is 0. The van der Waals surface area contributed by atoms with Crippen LogP contribution in [0.25, 0.3) is 0 Å². The smallest absolute Gasteiger partial charge is 0.114 e. The van der Waals surface area contributed by atoms with Gasteiger partial charge in [0, 0.05) is 5.97 Å². The first-order chi connectivity index (χ1) is 11.7.